The van der Waals surface area contributed by atoms with Gasteiger partial charge in [-0.15, -0.1) is 0 Å². The highest BCUT2D eigenvalue weighted by atomic mass is 16.5. The zero-order valence-electron chi connectivity index (χ0n) is 14.2. The number of aromatic nitrogens is 2. The van der Waals surface area contributed by atoms with Gasteiger partial charge in [0.05, 0.1) is 25.2 Å². The lowest BCUT2D eigenvalue weighted by Crippen LogP contribution is -2.23. The number of imidazole rings is 1. The van der Waals surface area contributed by atoms with Crippen LogP contribution in [0.25, 0.3) is 0 Å². The molecule has 0 amide bonds. The first kappa shape index (κ1) is 17.7. The maximum atomic E-state index is 5.98. The summed E-state index contributed by atoms with van der Waals surface area (Å²) in [5, 5.41) is 3.09. The standard InChI is InChI=1S/C17H25N5O2/c1-3-23-14-6-7-16(24-4-2)15(12-14)21-17(18)20-8-5-10-22-11-9-19-13-22/h6-7,9,11-13H,3-5,8,10H2,1-2H3,(H3,18,20,21). The molecule has 0 fully saturated rings. The van der Waals surface area contributed by atoms with Crippen molar-refractivity contribution in [3.63, 3.8) is 0 Å². The first-order valence-corrected chi connectivity index (χ1v) is 8.15. The Morgan fingerprint density at radius 2 is 2.12 bits per heavy atom. The summed E-state index contributed by atoms with van der Waals surface area (Å²) >= 11 is 0. The molecule has 0 spiro atoms. The van der Waals surface area contributed by atoms with Crippen LogP contribution in [0.1, 0.15) is 20.3 Å². The fourth-order valence-corrected chi connectivity index (χ4v) is 2.19. The summed E-state index contributed by atoms with van der Waals surface area (Å²) in [6.07, 6.45) is 6.37. The van der Waals surface area contributed by atoms with Crippen LogP contribution >= 0.6 is 0 Å². The second-order valence-corrected chi connectivity index (χ2v) is 5.07. The normalized spacial score (nSPS) is 11.3. The quantitative estimate of drug-likeness (QED) is 0.419. The fraction of sp³-hybridized carbons (Fsp3) is 0.412. The lowest BCUT2D eigenvalue weighted by atomic mass is 10.2. The Hall–Kier alpha value is -2.70. The number of nitrogens with zero attached hydrogens (tertiary/aromatic N) is 3. The molecule has 0 saturated carbocycles. The first-order chi connectivity index (χ1) is 11.7. The monoisotopic (exact) mass is 331 g/mol. The van der Waals surface area contributed by atoms with Gasteiger partial charge >= 0.3 is 0 Å². The summed E-state index contributed by atoms with van der Waals surface area (Å²) in [4.78, 5) is 8.36. The SMILES string of the molecule is CCOc1ccc(OCC)c(NC(N)=NCCCn2ccnc2)c1. The molecule has 0 radical (unpaired) electrons. The Morgan fingerprint density at radius 1 is 1.29 bits per heavy atom. The van der Waals surface area contributed by atoms with E-state index in [1.54, 1.807) is 12.5 Å². The molecular weight excluding hydrogens is 306 g/mol. The minimum absolute atomic E-state index is 0.357. The number of nitrogens with one attached hydrogen (secondary N) is 1. The van der Waals surface area contributed by atoms with Gasteiger partial charge in [0.25, 0.3) is 0 Å². The van der Waals surface area contributed by atoms with Crippen molar-refractivity contribution in [3.8, 4) is 11.5 Å². The van der Waals surface area contributed by atoms with Crippen molar-refractivity contribution in [2.75, 3.05) is 25.1 Å². The van der Waals surface area contributed by atoms with Gasteiger partial charge < -0.3 is 25.1 Å². The third kappa shape index (κ3) is 5.49. The van der Waals surface area contributed by atoms with E-state index in [1.807, 2.05) is 42.8 Å². The minimum atomic E-state index is 0.357. The molecule has 0 aliphatic carbocycles. The summed E-state index contributed by atoms with van der Waals surface area (Å²) in [5.74, 6) is 1.84. The topological polar surface area (TPSA) is 86.7 Å². The van der Waals surface area contributed by atoms with Gasteiger partial charge in [-0.3, -0.25) is 4.99 Å². The predicted octanol–water partition coefficient (Wildman–Crippen LogP) is 2.50. The Labute approximate surface area is 142 Å². The van der Waals surface area contributed by atoms with Gasteiger partial charge in [0.1, 0.15) is 11.5 Å². The Morgan fingerprint density at radius 3 is 2.83 bits per heavy atom. The molecule has 130 valence electrons. The van der Waals surface area contributed by atoms with Crippen molar-refractivity contribution < 1.29 is 9.47 Å². The highest BCUT2D eigenvalue weighted by molar-refractivity contribution is 5.94. The first-order valence-electron chi connectivity index (χ1n) is 8.15. The lowest BCUT2D eigenvalue weighted by Gasteiger charge is -2.14. The van der Waals surface area contributed by atoms with E-state index in [-0.39, 0.29) is 0 Å². The third-order valence-electron chi connectivity index (χ3n) is 3.24. The molecule has 0 aliphatic heterocycles. The van der Waals surface area contributed by atoms with Crippen molar-refractivity contribution in [2.45, 2.75) is 26.8 Å². The Balaban J connectivity index is 1.93. The number of hydrogen-bond acceptors (Lipinski definition) is 4. The van der Waals surface area contributed by atoms with Crippen molar-refractivity contribution in [3.05, 3.63) is 36.9 Å². The number of guanidine groups is 1. The molecule has 1 aromatic heterocycles. The zero-order valence-corrected chi connectivity index (χ0v) is 14.2. The van der Waals surface area contributed by atoms with Crippen LogP contribution in [-0.2, 0) is 6.54 Å². The largest absolute Gasteiger partial charge is 0.494 e. The predicted molar refractivity (Wildman–Crippen MR) is 95.7 cm³/mol. The van der Waals surface area contributed by atoms with Crippen LogP contribution in [0.2, 0.25) is 0 Å². The molecule has 0 atom stereocenters. The Bertz CT molecular complexity index is 640. The number of aryl methyl sites for hydroxylation is 1. The van der Waals surface area contributed by atoms with Gasteiger partial charge in [-0.05, 0) is 32.4 Å². The molecule has 0 aliphatic rings. The zero-order chi connectivity index (χ0) is 17.2. The number of benzene rings is 1. The summed E-state index contributed by atoms with van der Waals surface area (Å²) in [6.45, 7) is 6.55. The number of hydrogen-bond donors (Lipinski definition) is 2. The number of nitrogens with two attached hydrogens (primary N) is 1. The van der Waals surface area contributed by atoms with E-state index in [2.05, 4.69) is 15.3 Å². The van der Waals surface area contributed by atoms with E-state index in [4.69, 9.17) is 15.2 Å². The average molecular weight is 331 g/mol. The van der Waals surface area contributed by atoms with Crippen LogP contribution in [0.3, 0.4) is 0 Å². The van der Waals surface area contributed by atoms with Crippen LogP contribution in [0.15, 0.2) is 41.9 Å². The second kappa shape index (κ2) is 9.44. The lowest BCUT2D eigenvalue weighted by molar-refractivity contribution is 0.332. The van der Waals surface area contributed by atoms with Gasteiger partial charge in [-0.1, -0.05) is 0 Å². The van der Waals surface area contributed by atoms with Gasteiger partial charge in [0.15, 0.2) is 5.96 Å². The maximum absolute atomic E-state index is 5.98. The van der Waals surface area contributed by atoms with Gasteiger partial charge in [0.2, 0.25) is 0 Å². The molecule has 2 rings (SSSR count). The number of rotatable bonds is 9. The van der Waals surface area contributed by atoms with E-state index < -0.39 is 0 Å². The molecule has 24 heavy (non-hydrogen) atoms. The smallest absolute Gasteiger partial charge is 0.193 e. The van der Waals surface area contributed by atoms with Crippen molar-refractivity contribution >= 4 is 11.6 Å². The molecule has 0 bridgehead atoms. The molecule has 2 aromatic rings. The number of ether oxygens (including phenoxy) is 2. The second-order valence-electron chi connectivity index (χ2n) is 5.07. The molecule has 0 unspecified atom stereocenters. The van der Waals surface area contributed by atoms with E-state index >= 15 is 0 Å². The molecule has 1 heterocycles. The van der Waals surface area contributed by atoms with E-state index in [1.165, 1.54) is 0 Å². The summed E-state index contributed by atoms with van der Waals surface area (Å²) in [7, 11) is 0. The highest BCUT2D eigenvalue weighted by Crippen LogP contribution is 2.29. The number of aliphatic imine (C=N–C) groups is 1. The summed E-state index contributed by atoms with van der Waals surface area (Å²) in [6, 6.07) is 5.60. The molecule has 1 aromatic carbocycles. The minimum Gasteiger partial charge on any atom is -0.494 e. The maximum Gasteiger partial charge on any atom is 0.193 e. The van der Waals surface area contributed by atoms with Gasteiger partial charge in [-0.2, -0.15) is 0 Å². The number of anilines is 1. The molecule has 3 N–H and O–H groups in total. The molecular formula is C17H25N5O2. The molecule has 0 saturated heterocycles. The van der Waals surface area contributed by atoms with E-state index in [9.17, 15) is 0 Å². The van der Waals surface area contributed by atoms with E-state index in [0.29, 0.717) is 25.7 Å². The highest BCUT2D eigenvalue weighted by Gasteiger charge is 2.07. The van der Waals surface area contributed by atoms with Crippen LogP contribution in [0.5, 0.6) is 11.5 Å². The van der Waals surface area contributed by atoms with Crippen molar-refractivity contribution in [1.82, 2.24) is 9.55 Å². The van der Waals surface area contributed by atoms with Crippen LogP contribution in [-0.4, -0.2) is 35.3 Å². The summed E-state index contributed by atoms with van der Waals surface area (Å²) < 4.78 is 13.1. The van der Waals surface area contributed by atoms with Crippen LogP contribution in [0, 0.1) is 0 Å². The van der Waals surface area contributed by atoms with Crippen LogP contribution < -0.4 is 20.5 Å². The Kier molecular flexibility index (Phi) is 6.94. The fourth-order valence-electron chi connectivity index (χ4n) is 2.19. The average Bonchev–Trinajstić information content (AvgIpc) is 3.08. The summed E-state index contributed by atoms with van der Waals surface area (Å²) in [5.41, 5.74) is 6.73. The van der Waals surface area contributed by atoms with Crippen molar-refractivity contribution in [2.24, 2.45) is 10.7 Å². The van der Waals surface area contributed by atoms with Crippen molar-refractivity contribution in [1.29, 1.82) is 0 Å². The van der Waals surface area contributed by atoms with Crippen LogP contribution in [0.4, 0.5) is 5.69 Å². The molecule has 7 heteroatoms. The van der Waals surface area contributed by atoms with Gasteiger partial charge in [-0.25, -0.2) is 4.98 Å². The van der Waals surface area contributed by atoms with Gasteiger partial charge in [0, 0.05) is 31.5 Å². The molecule has 7 nitrogen and oxygen atoms in total. The third-order valence-corrected chi connectivity index (χ3v) is 3.24. The van der Waals surface area contributed by atoms with E-state index in [0.717, 1.165) is 30.2 Å².